The summed E-state index contributed by atoms with van der Waals surface area (Å²) in [4.78, 5) is 3.31. The van der Waals surface area contributed by atoms with Crippen LogP contribution in [-0.2, 0) is 20.8 Å². The summed E-state index contributed by atoms with van der Waals surface area (Å²) < 4.78 is 97.6. The van der Waals surface area contributed by atoms with E-state index >= 15 is 0 Å². The first-order valence-corrected chi connectivity index (χ1v) is 10.3. The largest absolute Gasteiger partial charge is 0.463 e. The topological polar surface area (TPSA) is 65.5 Å². The van der Waals surface area contributed by atoms with Crippen LogP contribution in [0.3, 0.4) is 0 Å². The third-order valence-corrected chi connectivity index (χ3v) is 6.91. The van der Waals surface area contributed by atoms with E-state index in [1.54, 1.807) is 0 Å². The molecule has 12 heteroatoms. The van der Waals surface area contributed by atoms with Crippen LogP contribution in [0, 0.1) is 0 Å². The molecule has 1 unspecified atom stereocenters. The number of aromatic nitrogens is 1. The quantitative estimate of drug-likeness (QED) is 0.530. The highest BCUT2D eigenvalue weighted by Gasteiger charge is 2.41. The molecule has 1 aliphatic heterocycles. The normalized spacial score (nSPS) is 19.2. The summed E-state index contributed by atoms with van der Waals surface area (Å²) in [5, 5.41) is -0.168. The van der Waals surface area contributed by atoms with Crippen LogP contribution in [0.5, 0.6) is 5.75 Å². The summed E-state index contributed by atoms with van der Waals surface area (Å²) in [6, 6.07) is 4.38. The zero-order chi connectivity index (χ0) is 23.0. The predicted octanol–water partition coefficient (Wildman–Crippen LogP) is 5.47. The fourth-order valence-electron chi connectivity index (χ4n) is 2.74. The summed E-state index contributed by atoms with van der Waals surface area (Å²) in [6.07, 6.45) is -0.492. The van der Waals surface area contributed by atoms with Crippen LogP contribution in [-0.4, -0.2) is 24.8 Å². The van der Waals surface area contributed by atoms with Gasteiger partial charge in [-0.25, -0.2) is 13.4 Å². The van der Waals surface area contributed by atoms with E-state index in [1.807, 2.05) is 0 Å². The molecule has 1 aromatic carbocycles. The molecule has 31 heavy (non-hydrogen) atoms. The zero-order valence-electron chi connectivity index (χ0n) is 15.5. The predicted molar refractivity (Wildman–Crippen MR) is 101 cm³/mol. The molecule has 166 valence electrons. The number of hydrogen-bond donors (Lipinski definition) is 0. The lowest BCUT2D eigenvalue weighted by Gasteiger charge is -2.27. The fraction of sp³-hybridized carbons (Fsp3) is 0.211. The number of alkyl halides is 5. The van der Waals surface area contributed by atoms with Gasteiger partial charge in [-0.2, -0.15) is 22.0 Å². The van der Waals surface area contributed by atoms with Gasteiger partial charge in [0.05, 0.1) is 27.9 Å². The number of pyridine rings is 1. The second-order valence-electron chi connectivity index (χ2n) is 6.52. The van der Waals surface area contributed by atoms with Crippen molar-refractivity contribution in [1.82, 2.24) is 4.98 Å². The van der Waals surface area contributed by atoms with Gasteiger partial charge in [0.1, 0.15) is 16.2 Å². The Morgan fingerprint density at radius 2 is 1.94 bits per heavy atom. The molecule has 0 amide bonds. The fourth-order valence-corrected chi connectivity index (χ4v) is 4.53. The Morgan fingerprint density at radius 3 is 2.55 bits per heavy atom. The first-order valence-electron chi connectivity index (χ1n) is 8.43. The van der Waals surface area contributed by atoms with Crippen LogP contribution >= 0.6 is 11.6 Å². The molecular weight excluding hydrogens is 469 g/mol. The number of sulfone groups is 1. The molecule has 2 heterocycles. The standard InChI is InChI=1S/C19H13ClF5NO4S/c1-18(31(27,28)13-4-2-3-11(7-13)19(23,24)25)5-6-29-15(9-18)16-14(20)8-12(10-26-16)30-17(21)22/h2-10,17H,1H3. The maximum absolute atomic E-state index is 13.1. The maximum Gasteiger partial charge on any atom is 0.416 e. The van der Waals surface area contributed by atoms with Crippen LogP contribution in [0.4, 0.5) is 22.0 Å². The first-order chi connectivity index (χ1) is 14.3. The Labute approximate surface area is 178 Å². The van der Waals surface area contributed by atoms with Crippen LogP contribution in [0.1, 0.15) is 18.2 Å². The number of benzene rings is 1. The summed E-state index contributed by atoms with van der Waals surface area (Å²) in [5.74, 6) is -0.454. The number of rotatable bonds is 5. The van der Waals surface area contributed by atoms with Gasteiger partial charge in [-0.15, -0.1) is 0 Å². The third-order valence-electron chi connectivity index (χ3n) is 4.34. The Bertz CT molecular complexity index is 1160. The van der Waals surface area contributed by atoms with E-state index in [2.05, 4.69) is 9.72 Å². The first kappa shape index (κ1) is 23.0. The number of nitrogens with zero attached hydrogens (tertiary/aromatic N) is 1. The molecule has 0 bridgehead atoms. The van der Waals surface area contributed by atoms with Gasteiger partial charge < -0.3 is 9.47 Å². The van der Waals surface area contributed by atoms with Crippen molar-refractivity contribution >= 4 is 27.2 Å². The molecule has 0 saturated carbocycles. The molecule has 3 rings (SSSR count). The van der Waals surface area contributed by atoms with Crippen molar-refractivity contribution in [3.05, 3.63) is 71.2 Å². The van der Waals surface area contributed by atoms with Crippen LogP contribution in [0.25, 0.3) is 5.76 Å². The molecular formula is C19H13ClF5NO4S. The lowest BCUT2D eigenvalue weighted by atomic mass is 10.1. The highest BCUT2D eigenvalue weighted by Crippen LogP contribution is 2.38. The van der Waals surface area contributed by atoms with Gasteiger partial charge in [0.2, 0.25) is 0 Å². The van der Waals surface area contributed by atoms with Crippen molar-refractivity contribution < 1.29 is 39.8 Å². The number of ether oxygens (including phenoxy) is 2. The van der Waals surface area contributed by atoms with E-state index < -0.39 is 37.8 Å². The molecule has 0 fully saturated rings. The molecule has 0 radical (unpaired) electrons. The van der Waals surface area contributed by atoms with Crippen LogP contribution in [0.15, 0.2) is 59.8 Å². The molecule has 0 saturated heterocycles. The van der Waals surface area contributed by atoms with E-state index in [-0.39, 0.29) is 22.2 Å². The zero-order valence-corrected chi connectivity index (χ0v) is 17.1. The van der Waals surface area contributed by atoms with Gasteiger partial charge >= 0.3 is 12.8 Å². The minimum Gasteiger partial charge on any atom is -0.463 e. The van der Waals surface area contributed by atoms with Crippen LogP contribution in [0.2, 0.25) is 5.02 Å². The van der Waals surface area contributed by atoms with Gasteiger partial charge in [-0.05, 0) is 37.3 Å². The van der Waals surface area contributed by atoms with E-state index in [0.29, 0.717) is 6.07 Å². The van der Waals surface area contributed by atoms with Gasteiger partial charge in [0.15, 0.2) is 15.6 Å². The summed E-state index contributed by atoms with van der Waals surface area (Å²) in [7, 11) is -4.36. The van der Waals surface area contributed by atoms with Gasteiger partial charge in [0, 0.05) is 6.07 Å². The Kier molecular flexibility index (Phi) is 6.03. The second-order valence-corrected chi connectivity index (χ2v) is 9.29. The molecule has 1 aromatic heterocycles. The monoisotopic (exact) mass is 481 g/mol. The van der Waals surface area contributed by atoms with E-state index in [9.17, 15) is 30.4 Å². The number of halogens is 6. The summed E-state index contributed by atoms with van der Waals surface area (Å²) >= 11 is 6.03. The molecule has 0 spiro atoms. The summed E-state index contributed by atoms with van der Waals surface area (Å²) in [6.45, 7) is -1.85. The van der Waals surface area contributed by atoms with Gasteiger partial charge in [-0.3, -0.25) is 0 Å². The minimum absolute atomic E-state index is 0.0712. The molecule has 5 nitrogen and oxygen atoms in total. The minimum atomic E-state index is -4.72. The van der Waals surface area contributed by atoms with E-state index in [1.165, 1.54) is 6.92 Å². The van der Waals surface area contributed by atoms with Crippen LogP contribution < -0.4 is 4.74 Å². The SMILES string of the molecule is CC1(S(=O)(=O)c2cccc(C(F)(F)F)c2)C=COC(c2ncc(OC(F)F)cc2Cl)=C1. The molecule has 1 aliphatic rings. The average Bonchev–Trinajstić information content (AvgIpc) is 2.67. The van der Waals surface area contributed by atoms with Crippen molar-refractivity contribution in [2.24, 2.45) is 0 Å². The Morgan fingerprint density at radius 1 is 1.23 bits per heavy atom. The Balaban J connectivity index is 2.02. The average molecular weight is 482 g/mol. The summed E-state index contributed by atoms with van der Waals surface area (Å²) in [5.41, 5.74) is -1.19. The highest BCUT2D eigenvalue weighted by atomic mass is 35.5. The highest BCUT2D eigenvalue weighted by molar-refractivity contribution is 7.93. The Hall–Kier alpha value is -2.66. The van der Waals surface area contributed by atoms with Crippen molar-refractivity contribution in [2.75, 3.05) is 0 Å². The van der Waals surface area contributed by atoms with Crippen molar-refractivity contribution in [3.63, 3.8) is 0 Å². The van der Waals surface area contributed by atoms with Gasteiger partial charge in [-0.1, -0.05) is 17.7 Å². The lowest BCUT2D eigenvalue weighted by molar-refractivity contribution is -0.137. The van der Waals surface area contributed by atoms with E-state index in [4.69, 9.17) is 16.3 Å². The van der Waals surface area contributed by atoms with Crippen molar-refractivity contribution in [3.8, 4) is 5.75 Å². The van der Waals surface area contributed by atoms with Crippen molar-refractivity contribution in [1.29, 1.82) is 0 Å². The molecule has 0 aliphatic carbocycles. The molecule has 2 aromatic rings. The lowest BCUT2D eigenvalue weighted by Crippen LogP contribution is -2.33. The smallest absolute Gasteiger partial charge is 0.416 e. The van der Waals surface area contributed by atoms with Crippen molar-refractivity contribution in [2.45, 2.75) is 29.4 Å². The van der Waals surface area contributed by atoms with Gasteiger partial charge in [0.25, 0.3) is 0 Å². The third kappa shape index (κ3) is 4.67. The molecule has 1 atom stereocenters. The molecule has 0 N–H and O–H groups in total. The van der Waals surface area contributed by atoms with E-state index in [0.717, 1.165) is 48.9 Å². The second kappa shape index (κ2) is 8.12. The number of hydrogen-bond acceptors (Lipinski definition) is 5. The maximum atomic E-state index is 13.1.